The van der Waals surface area contributed by atoms with Gasteiger partial charge in [0.1, 0.15) is 0 Å². The van der Waals surface area contributed by atoms with E-state index >= 15 is 0 Å². The molecule has 0 radical (unpaired) electrons. The first-order valence-corrected chi connectivity index (χ1v) is 6.27. The summed E-state index contributed by atoms with van der Waals surface area (Å²) in [6.07, 6.45) is 3.33. The molecular weight excluding hydrogens is 222 g/mol. The maximum absolute atomic E-state index is 12.0. The maximum atomic E-state index is 12.0. The monoisotopic (exact) mass is 241 g/mol. The molecule has 1 heterocycles. The Labute approximate surface area is 101 Å². The van der Waals surface area contributed by atoms with Crippen molar-refractivity contribution in [3.8, 4) is 0 Å². The molecule has 1 amide bonds. The van der Waals surface area contributed by atoms with Gasteiger partial charge in [-0.1, -0.05) is 6.42 Å². The van der Waals surface area contributed by atoms with Crippen LogP contribution in [0.5, 0.6) is 0 Å². The molecule has 1 saturated heterocycles. The van der Waals surface area contributed by atoms with Crippen LogP contribution in [0.1, 0.15) is 32.1 Å². The predicted octanol–water partition coefficient (Wildman–Crippen LogP) is 0.879. The van der Waals surface area contributed by atoms with E-state index in [0.29, 0.717) is 19.1 Å². The molecule has 0 aromatic rings. The van der Waals surface area contributed by atoms with Gasteiger partial charge in [-0.3, -0.25) is 9.59 Å². The van der Waals surface area contributed by atoms with E-state index in [9.17, 15) is 9.59 Å². The third-order valence-corrected chi connectivity index (χ3v) is 3.70. The van der Waals surface area contributed by atoms with Crippen LogP contribution in [-0.4, -0.2) is 47.7 Å². The van der Waals surface area contributed by atoms with Crippen LogP contribution < -0.4 is 0 Å². The smallest absolute Gasteiger partial charge is 0.303 e. The van der Waals surface area contributed by atoms with Crippen LogP contribution >= 0.6 is 0 Å². The van der Waals surface area contributed by atoms with Crippen LogP contribution in [0.4, 0.5) is 0 Å². The van der Waals surface area contributed by atoms with E-state index in [1.54, 1.807) is 0 Å². The van der Waals surface area contributed by atoms with Crippen LogP contribution in [0, 0.1) is 5.92 Å². The number of nitrogens with zero attached hydrogens (tertiary/aromatic N) is 1. The van der Waals surface area contributed by atoms with E-state index in [2.05, 4.69) is 0 Å². The highest BCUT2D eigenvalue weighted by molar-refractivity contribution is 5.81. The number of amides is 1. The number of carboxylic acid groups (broad SMARTS) is 1. The van der Waals surface area contributed by atoms with Gasteiger partial charge in [-0.2, -0.15) is 0 Å². The number of hydrogen-bond donors (Lipinski definition) is 1. The zero-order valence-corrected chi connectivity index (χ0v) is 9.93. The number of ether oxygens (including phenoxy) is 1. The van der Waals surface area contributed by atoms with Crippen molar-refractivity contribution in [2.75, 3.05) is 19.8 Å². The van der Waals surface area contributed by atoms with Gasteiger partial charge in [0.25, 0.3) is 0 Å². The minimum Gasteiger partial charge on any atom is -0.481 e. The molecule has 0 aromatic carbocycles. The molecule has 1 saturated carbocycles. The molecule has 96 valence electrons. The van der Waals surface area contributed by atoms with Gasteiger partial charge >= 0.3 is 5.97 Å². The zero-order valence-electron chi connectivity index (χ0n) is 9.93. The fraction of sp³-hybridized carbons (Fsp3) is 0.833. The average molecular weight is 241 g/mol. The van der Waals surface area contributed by atoms with E-state index in [-0.39, 0.29) is 24.8 Å². The van der Waals surface area contributed by atoms with Crippen LogP contribution in [-0.2, 0) is 14.3 Å². The molecule has 5 heteroatoms. The van der Waals surface area contributed by atoms with Gasteiger partial charge in [0, 0.05) is 24.9 Å². The van der Waals surface area contributed by atoms with Gasteiger partial charge in [-0.25, -0.2) is 0 Å². The van der Waals surface area contributed by atoms with Gasteiger partial charge in [-0.15, -0.1) is 0 Å². The summed E-state index contributed by atoms with van der Waals surface area (Å²) in [7, 11) is 0. The summed E-state index contributed by atoms with van der Waals surface area (Å²) in [5.74, 6) is -0.492. The molecule has 0 spiro atoms. The summed E-state index contributed by atoms with van der Waals surface area (Å²) in [6.45, 7) is 1.93. The highest BCUT2D eigenvalue weighted by Gasteiger charge is 2.36. The average Bonchev–Trinajstić information content (AvgIpc) is 2.66. The molecule has 2 rings (SSSR count). The second kappa shape index (κ2) is 5.49. The molecular formula is C12H19NO4. The maximum Gasteiger partial charge on any atom is 0.303 e. The molecule has 5 nitrogen and oxygen atoms in total. The Kier molecular flexibility index (Phi) is 3.99. The van der Waals surface area contributed by atoms with Crippen molar-refractivity contribution in [2.45, 2.75) is 38.1 Å². The number of rotatable bonds is 3. The van der Waals surface area contributed by atoms with Crippen molar-refractivity contribution in [1.29, 1.82) is 0 Å². The van der Waals surface area contributed by atoms with Gasteiger partial charge in [0.2, 0.25) is 5.91 Å². The quantitative estimate of drug-likeness (QED) is 0.796. The molecule has 2 aliphatic rings. The summed E-state index contributed by atoms with van der Waals surface area (Å²) >= 11 is 0. The Bertz CT molecular complexity index is 305. The lowest BCUT2D eigenvalue weighted by atomic mass is 10.0. The van der Waals surface area contributed by atoms with Gasteiger partial charge in [0.15, 0.2) is 0 Å². The van der Waals surface area contributed by atoms with Gasteiger partial charge in [-0.05, 0) is 12.8 Å². The van der Waals surface area contributed by atoms with Crippen molar-refractivity contribution in [3.05, 3.63) is 0 Å². The number of fused-ring (bicyclic) bond motifs is 1. The largest absolute Gasteiger partial charge is 0.481 e. The molecule has 2 atom stereocenters. The third-order valence-electron chi connectivity index (χ3n) is 3.70. The van der Waals surface area contributed by atoms with E-state index < -0.39 is 5.97 Å². The zero-order chi connectivity index (χ0) is 12.3. The number of carbonyl (C=O) groups excluding carboxylic acids is 1. The second-order valence-corrected chi connectivity index (χ2v) is 4.81. The van der Waals surface area contributed by atoms with Crippen molar-refractivity contribution >= 4 is 11.9 Å². The Hall–Kier alpha value is -1.10. The Morgan fingerprint density at radius 1 is 1.29 bits per heavy atom. The fourth-order valence-electron chi connectivity index (χ4n) is 2.85. The minimum atomic E-state index is -0.910. The lowest BCUT2D eigenvalue weighted by Crippen LogP contribution is -2.42. The number of carboxylic acids is 1. The van der Waals surface area contributed by atoms with Crippen LogP contribution in [0.2, 0.25) is 0 Å². The highest BCUT2D eigenvalue weighted by atomic mass is 16.5. The molecule has 17 heavy (non-hydrogen) atoms. The summed E-state index contributed by atoms with van der Waals surface area (Å²) in [5, 5.41) is 8.61. The molecule has 1 aliphatic heterocycles. The van der Waals surface area contributed by atoms with Crippen molar-refractivity contribution in [3.63, 3.8) is 0 Å². The topological polar surface area (TPSA) is 66.8 Å². The summed E-state index contributed by atoms with van der Waals surface area (Å²) in [4.78, 5) is 24.3. The normalized spacial score (nSPS) is 28.6. The SMILES string of the molecule is O=C(O)CCC(=O)N1CCOC[C@H]2CCC[C@@H]21. The highest BCUT2D eigenvalue weighted by Crippen LogP contribution is 2.32. The fourth-order valence-corrected chi connectivity index (χ4v) is 2.85. The summed E-state index contributed by atoms with van der Waals surface area (Å²) in [5.41, 5.74) is 0. The van der Waals surface area contributed by atoms with Crippen molar-refractivity contribution in [2.24, 2.45) is 5.92 Å². The van der Waals surface area contributed by atoms with Gasteiger partial charge < -0.3 is 14.7 Å². The lowest BCUT2D eigenvalue weighted by Gasteiger charge is -2.29. The van der Waals surface area contributed by atoms with Gasteiger partial charge in [0.05, 0.1) is 19.6 Å². The molecule has 0 unspecified atom stereocenters. The Morgan fingerprint density at radius 2 is 2.12 bits per heavy atom. The lowest BCUT2D eigenvalue weighted by molar-refractivity contribution is -0.141. The van der Waals surface area contributed by atoms with Crippen molar-refractivity contribution < 1.29 is 19.4 Å². The number of aliphatic carboxylic acids is 1. The summed E-state index contributed by atoms with van der Waals surface area (Å²) < 4.78 is 5.50. The molecule has 1 aliphatic carbocycles. The standard InChI is InChI=1S/C12H19NO4/c14-11(4-5-12(15)16)13-6-7-17-8-9-2-1-3-10(9)13/h9-10H,1-8H2,(H,15,16)/t9-,10+/m1/s1. The number of carbonyl (C=O) groups is 2. The van der Waals surface area contributed by atoms with Crippen LogP contribution in [0.3, 0.4) is 0 Å². The first-order chi connectivity index (χ1) is 8.18. The first-order valence-electron chi connectivity index (χ1n) is 6.27. The van der Waals surface area contributed by atoms with E-state index in [1.807, 2.05) is 4.90 Å². The van der Waals surface area contributed by atoms with Crippen LogP contribution in [0.15, 0.2) is 0 Å². The molecule has 1 N–H and O–H groups in total. The minimum absolute atomic E-state index is 0.0326. The predicted molar refractivity (Wildman–Crippen MR) is 60.5 cm³/mol. The Morgan fingerprint density at radius 3 is 2.88 bits per heavy atom. The first kappa shape index (κ1) is 12.4. The van der Waals surface area contributed by atoms with Crippen LogP contribution in [0.25, 0.3) is 0 Å². The molecule has 2 fully saturated rings. The number of hydrogen-bond acceptors (Lipinski definition) is 3. The van der Waals surface area contributed by atoms with E-state index in [0.717, 1.165) is 25.9 Å². The van der Waals surface area contributed by atoms with E-state index in [1.165, 1.54) is 0 Å². The third kappa shape index (κ3) is 2.97. The van der Waals surface area contributed by atoms with E-state index in [4.69, 9.17) is 9.84 Å². The van der Waals surface area contributed by atoms with Crippen molar-refractivity contribution in [1.82, 2.24) is 4.90 Å². The second-order valence-electron chi connectivity index (χ2n) is 4.81. The molecule has 0 bridgehead atoms. The summed E-state index contributed by atoms with van der Waals surface area (Å²) in [6, 6.07) is 0.277. The molecule has 0 aromatic heterocycles. The Balaban J connectivity index is 1.96.